The Morgan fingerprint density at radius 1 is 1.34 bits per heavy atom. The second-order valence-corrected chi connectivity index (χ2v) is 8.85. The van der Waals surface area contributed by atoms with Crippen LogP contribution in [0.25, 0.3) is 0 Å². The molecule has 9 heteroatoms. The van der Waals surface area contributed by atoms with E-state index in [9.17, 15) is 14.9 Å². The third-order valence-electron chi connectivity index (χ3n) is 4.52. The van der Waals surface area contributed by atoms with E-state index in [0.29, 0.717) is 23.2 Å². The number of pyridine rings is 1. The van der Waals surface area contributed by atoms with Crippen LogP contribution in [0.1, 0.15) is 38.7 Å². The Bertz CT molecular complexity index is 912. The van der Waals surface area contributed by atoms with Crippen molar-refractivity contribution in [1.29, 1.82) is 0 Å². The van der Waals surface area contributed by atoms with E-state index in [1.165, 1.54) is 12.3 Å². The molecule has 29 heavy (non-hydrogen) atoms. The molecule has 1 aliphatic heterocycles. The zero-order valence-electron chi connectivity index (χ0n) is 16.5. The molecule has 2 heterocycles. The summed E-state index contributed by atoms with van der Waals surface area (Å²) >= 11 is 3.20. The largest absolute Gasteiger partial charge is 0.444 e. The summed E-state index contributed by atoms with van der Waals surface area (Å²) in [4.78, 5) is 28.8. The van der Waals surface area contributed by atoms with E-state index in [4.69, 9.17) is 4.74 Å². The van der Waals surface area contributed by atoms with Crippen LogP contribution in [0.3, 0.4) is 0 Å². The predicted octanol–water partition coefficient (Wildman–Crippen LogP) is 5.22. The minimum atomic E-state index is -0.508. The van der Waals surface area contributed by atoms with Crippen LogP contribution in [0.4, 0.5) is 22.0 Å². The van der Waals surface area contributed by atoms with E-state index in [1.54, 1.807) is 4.90 Å². The molecular weight excluding hydrogens is 440 g/mol. The highest BCUT2D eigenvalue weighted by Crippen LogP contribution is 2.31. The van der Waals surface area contributed by atoms with Gasteiger partial charge in [-0.05, 0) is 60.8 Å². The molecule has 1 amide bonds. The van der Waals surface area contributed by atoms with Crippen LogP contribution in [0.15, 0.2) is 41.0 Å². The first-order valence-electron chi connectivity index (χ1n) is 9.27. The molecule has 1 aromatic carbocycles. The maximum atomic E-state index is 12.2. The Hall–Kier alpha value is -2.68. The van der Waals surface area contributed by atoms with Crippen molar-refractivity contribution in [2.24, 2.45) is 0 Å². The molecule has 0 bridgehead atoms. The van der Waals surface area contributed by atoms with Crippen LogP contribution in [0.2, 0.25) is 0 Å². The first-order valence-corrected chi connectivity index (χ1v) is 10.1. The van der Waals surface area contributed by atoms with Crippen LogP contribution >= 0.6 is 15.9 Å². The minimum Gasteiger partial charge on any atom is -0.444 e. The number of carbonyl (C=O) groups is 1. The number of rotatable bonds is 4. The van der Waals surface area contributed by atoms with E-state index in [1.807, 2.05) is 45.0 Å². The van der Waals surface area contributed by atoms with Gasteiger partial charge in [0.05, 0.1) is 4.92 Å². The summed E-state index contributed by atoms with van der Waals surface area (Å²) in [6, 6.07) is 9.07. The zero-order chi connectivity index (χ0) is 21.2. The molecule has 1 atom stereocenters. The number of aromatic nitrogens is 1. The van der Waals surface area contributed by atoms with E-state index < -0.39 is 10.5 Å². The van der Waals surface area contributed by atoms with Gasteiger partial charge in [0.2, 0.25) is 5.82 Å². The smallest absolute Gasteiger partial charge is 0.410 e. The Kier molecular flexibility index (Phi) is 6.07. The topological polar surface area (TPSA) is 97.6 Å². The number of hydrogen-bond donors (Lipinski definition) is 1. The van der Waals surface area contributed by atoms with Crippen LogP contribution < -0.4 is 5.32 Å². The van der Waals surface area contributed by atoms with E-state index in [2.05, 4.69) is 26.2 Å². The van der Waals surface area contributed by atoms with Crippen LogP contribution in [0, 0.1) is 10.1 Å². The molecule has 1 aromatic heterocycles. The van der Waals surface area contributed by atoms with E-state index >= 15 is 0 Å². The fourth-order valence-electron chi connectivity index (χ4n) is 3.16. The number of likely N-dealkylation sites (tertiary alicyclic amines) is 1. The SMILES string of the molecule is CC(C)(C)OC(=O)N1CCC(c2ccc(Nc3ncc(Br)cc3[N+](=O)[O-])cc2)C1. The minimum absolute atomic E-state index is 0.104. The molecule has 1 N–H and O–H groups in total. The summed E-state index contributed by atoms with van der Waals surface area (Å²) in [5.41, 5.74) is 1.20. The number of nitrogens with one attached hydrogen (secondary N) is 1. The Labute approximate surface area is 177 Å². The molecule has 8 nitrogen and oxygen atoms in total. The normalized spacial score (nSPS) is 16.6. The molecule has 1 saturated heterocycles. The van der Waals surface area contributed by atoms with Crippen molar-refractivity contribution in [2.45, 2.75) is 38.7 Å². The maximum Gasteiger partial charge on any atom is 0.410 e. The number of anilines is 2. The van der Waals surface area contributed by atoms with Gasteiger partial charge in [0.15, 0.2) is 0 Å². The van der Waals surface area contributed by atoms with Crippen LogP contribution in [-0.4, -0.2) is 39.6 Å². The lowest BCUT2D eigenvalue weighted by atomic mass is 9.98. The number of hydrogen-bond acceptors (Lipinski definition) is 6. The van der Waals surface area contributed by atoms with Gasteiger partial charge in [-0.1, -0.05) is 12.1 Å². The Balaban J connectivity index is 1.66. The molecular formula is C20H23BrN4O4. The third kappa shape index (κ3) is 5.44. The molecule has 0 spiro atoms. The first kappa shape index (κ1) is 21.0. The van der Waals surface area contributed by atoms with E-state index in [0.717, 1.165) is 12.0 Å². The average molecular weight is 463 g/mol. The van der Waals surface area contributed by atoms with Crippen molar-refractivity contribution in [3.63, 3.8) is 0 Å². The third-order valence-corrected chi connectivity index (χ3v) is 4.95. The molecule has 0 aliphatic carbocycles. The molecule has 154 valence electrons. The van der Waals surface area contributed by atoms with Gasteiger partial charge in [-0.25, -0.2) is 9.78 Å². The molecule has 1 fully saturated rings. The standard InChI is InChI=1S/C20H23BrN4O4/c1-20(2,3)29-19(26)24-9-8-14(12-24)13-4-6-16(7-5-13)23-18-17(25(27)28)10-15(21)11-22-18/h4-7,10-11,14H,8-9,12H2,1-3H3,(H,22,23). The summed E-state index contributed by atoms with van der Waals surface area (Å²) in [6.45, 7) is 6.84. The van der Waals surface area contributed by atoms with Crippen molar-refractivity contribution in [3.8, 4) is 0 Å². The van der Waals surface area contributed by atoms with Gasteiger partial charge in [-0.2, -0.15) is 0 Å². The highest BCUT2D eigenvalue weighted by molar-refractivity contribution is 9.10. The zero-order valence-corrected chi connectivity index (χ0v) is 18.1. The fourth-order valence-corrected chi connectivity index (χ4v) is 3.48. The number of amides is 1. The monoisotopic (exact) mass is 462 g/mol. The highest BCUT2D eigenvalue weighted by atomic mass is 79.9. The van der Waals surface area contributed by atoms with Gasteiger partial charge in [0.1, 0.15) is 5.60 Å². The Morgan fingerprint density at radius 2 is 2.03 bits per heavy atom. The number of ether oxygens (including phenoxy) is 1. The number of nitrogens with zero attached hydrogens (tertiary/aromatic N) is 3. The quantitative estimate of drug-likeness (QED) is 0.493. The van der Waals surface area contributed by atoms with Crippen molar-refractivity contribution < 1.29 is 14.5 Å². The van der Waals surface area contributed by atoms with Gasteiger partial charge >= 0.3 is 11.8 Å². The first-order chi connectivity index (χ1) is 13.6. The molecule has 1 aliphatic rings. The van der Waals surface area contributed by atoms with Crippen molar-refractivity contribution in [2.75, 3.05) is 18.4 Å². The second-order valence-electron chi connectivity index (χ2n) is 7.94. The molecule has 3 rings (SSSR count). The van der Waals surface area contributed by atoms with Gasteiger partial charge in [-0.15, -0.1) is 0 Å². The summed E-state index contributed by atoms with van der Waals surface area (Å²) in [5, 5.41) is 14.2. The maximum absolute atomic E-state index is 12.2. The van der Waals surface area contributed by atoms with Crippen LogP contribution in [-0.2, 0) is 4.74 Å². The molecule has 0 radical (unpaired) electrons. The highest BCUT2D eigenvalue weighted by Gasteiger charge is 2.30. The lowest BCUT2D eigenvalue weighted by Crippen LogP contribution is -2.35. The van der Waals surface area contributed by atoms with Crippen LogP contribution in [0.5, 0.6) is 0 Å². The second kappa shape index (κ2) is 8.36. The molecule has 0 saturated carbocycles. The average Bonchev–Trinajstić information content (AvgIpc) is 3.12. The number of carbonyl (C=O) groups excluding carboxylic acids is 1. The summed E-state index contributed by atoms with van der Waals surface area (Å²) < 4.78 is 5.98. The van der Waals surface area contributed by atoms with Crippen molar-refractivity contribution in [1.82, 2.24) is 9.88 Å². The van der Waals surface area contributed by atoms with Gasteiger partial charge in [-0.3, -0.25) is 10.1 Å². The number of halogens is 1. The fraction of sp³-hybridized carbons (Fsp3) is 0.400. The number of nitro groups is 1. The van der Waals surface area contributed by atoms with Crippen molar-refractivity contribution >= 4 is 39.2 Å². The lowest BCUT2D eigenvalue weighted by molar-refractivity contribution is -0.384. The van der Waals surface area contributed by atoms with Gasteiger partial charge in [0.25, 0.3) is 0 Å². The predicted molar refractivity (Wildman–Crippen MR) is 113 cm³/mol. The lowest BCUT2D eigenvalue weighted by Gasteiger charge is -2.24. The molecule has 2 aromatic rings. The summed E-state index contributed by atoms with van der Waals surface area (Å²) in [5.74, 6) is 0.416. The Morgan fingerprint density at radius 3 is 2.66 bits per heavy atom. The van der Waals surface area contributed by atoms with E-state index in [-0.39, 0.29) is 23.5 Å². The van der Waals surface area contributed by atoms with Gasteiger partial charge in [0, 0.05) is 41.4 Å². The molecule has 1 unspecified atom stereocenters. The van der Waals surface area contributed by atoms with Gasteiger partial charge < -0.3 is 15.0 Å². The summed E-state index contributed by atoms with van der Waals surface area (Å²) in [7, 11) is 0. The number of benzene rings is 1. The summed E-state index contributed by atoms with van der Waals surface area (Å²) in [6.07, 6.45) is 2.09. The van der Waals surface area contributed by atoms with Crippen molar-refractivity contribution in [3.05, 3.63) is 56.7 Å².